The van der Waals surface area contributed by atoms with Crippen molar-refractivity contribution in [2.45, 2.75) is 71.4 Å². The molecule has 0 bridgehead atoms. The number of hydrogen-bond acceptors (Lipinski definition) is 3. The van der Waals surface area contributed by atoms with Crippen LogP contribution in [0.15, 0.2) is 0 Å². The van der Waals surface area contributed by atoms with Crippen molar-refractivity contribution < 1.29 is 9.53 Å². The minimum atomic E-state index is -0.0564. The van der Waals surface area contributed by atoms with Gasteiger partial charge in [0, 0.05) is 0 Å². The normalized spacial score (nSPS) is 36.1. The Labute approximate surface area is 111 Å². The highest BCUT2D eigenvalue weighted by Crippen LogP contribution is 2.39. The summed E-state index contributed by atoms with van der Waals surface area (Å²) in [5.41, 5.74) is 0.308. The van der Waals surface area contributed by atoms with Crippen LogP contribution in [-0.4, -0.2) is 24.7 Å². The third kappa shape index (κ3) is 3.71. The van der Waals surface area contributed by atoms with E-state index in [9.17, 15) is 4.79 Å². The molecule has 104 valence electrons. The van der Waals surface area contributed by atoms with Crippen molar-refractivity contribution in [1.82, 2.24) is 5.32 Å². The Morgan fingerprint density at radius 3 is 2.67 bits per heavy atom. The Hall–Kier alpha value is -0.570. The average molecular weight is 253 g/mol. The summed E-state index contributed by atoms with van der Waals surface area (Å²) in [6.07, 6.45) is 6.65. The smallest absolute Gasteiger partial charge is 0.323 e. The number of esters is 1. The van der Waals surface area contributed by atoms with Crippen LogP contribution in [0.3, 0.4) is 0 Å². The highest BCUT2D eigenvalue weighted by atomic mass is 16.5. The Bertz CT molecular complexity index is 295. The van der Waals surface area contributed by atoms with E-state index in [0.717, 1.165) is 32.2 Å². The summed E-state index contributed by atoms with van der Waals surface area (Å²) in [4.78, 5) is 12.1. The molecular formula is C15H27NO2. The number of ether oxygens (including phenoxy) is 1. The molecule has 1 saturated heterocycles. The van der Waals surface area contributed by atoms with Gasteiger partial charge in [-0.25, -0.2) is 0 Å². The van der Waals surface area contributed by atoms with Gasteiger partial charge in [0.2, 0.25) is 0 Å². The number of nitrogens with one attached hydrogen (secondary N) is 1. The first-order valence-corrected chi connectivity index (χ1v) is 7.40. The Morgan fingerprint density at radius 1 is 1.28 bits per heavy atom. The van der Waals surface area contributed by atoms with Crippen LogP contribution in [-0.2, 0) is 9.53 Å². The molecule has 3 nitrogen and oxygen atoms in total. The first kappa shape index (κ1) is 13.9. The predicted molar refractivity (Wildman–Crippen MR) is 72.3 cm³/mol. The highest BCUT2D eigenvalue weighted by molar-refractivity contribution is 5.76. The van der Waals surface area contributed by atoms with E-state index >= 15 is 0 Å². The zero-order valence-electron chi connectivity index (χ0n) is 12.0. The molecule has 0 aromatic heterocycles. The van der Waals surface area contributed by atoms with E-state index in [0.29, 0.717) is 11.3 Å². The maximum absolute atomic E-state index is 12.1. The van der Waals surface area contributed by atoms with Crippen LogP contribution in [0, 0.1) is 11.3 Å². The van der Waals surface area contributed by atoms with Crippen LogP contribution < -0.4 is 5.32 Å². The Morgan fingerprint density at radius 2 is 2.06 bits per heavy atom. The quantitative estimate of drug-likeness (QED) is 0.769. The van der Waals surface area contributed by atoms with Crippen LogP contribution in [0.4, 0.5) is 0 Å². The summed E-state index contributed by atoms with van der Waals surface area (Å²) in [6.45, 7) is 7.78. The molecule has 1 saturated carbocycles. The second-order valence-corrected chi connectivity index (χ2v) is 6.97. The van der Waals surface area contributed by atoms with Gasteiger partial charge in [-0.1, -0.05) is 27.2 Å². The van der Waals surface area contributed by atoms with E-state index < -0.39 is 0 Å². The Balaban J connectivity index is 1.86. The maximum atomic E-state index is 12.1. The molecule has 3 atom stereocenters. The minimum Gasteiger partial charge on any atom is -0.461 e. The molecule has 2 rings (SSSR count). The van der Waals surface area contributed by atoms with Gasteiger partial charge in [0.25, 0.3) is 0 Å². The maximum Gasteiger partial charge on any atom is 0.323 e. The molecule has 0 aromatic rings. The van der Waals surface area contributed by atoms with Gasteiger partial charge in [-0.3, -0.25) is 4.79 Å². The van der Waals surface area contributed by atoms with Crippen LogP contribution in [0.5, 0.6) is 0 Å². The van der Waals surface area contributed by atoms with Gasteiger partial charge in [-0.2, -0.15) is 0 Å². The summed E-state index contributed by atoms with van der Waals surface area (Å²) in [6, 6.07) is -0.0564. The van der Waals surface area contributed by atoms with Crippen LogP contribution in [0.2, 0.25) is 0 Å². The van der Waals surface area contributed by atoms with E-state index in [4.69, 9.17) is 4.74 Å². The molecule has 3 heteroatoms. The first-order chi connectivity index (χ1) is 8.46. The van der Waals surface area contributed by atoms with E-state index in [1.165, 1.54) is 12.8 Å². The second-order valence-electron chi connectivity index (χ2n) is 6.97. The topological polar surface area (TPSA) is 38.3 Å². The van der Waals surface area contributed by atoms with Gasteiger partial charge >= 0.3 is 5.97 Å². The molecule has 2 fully saturated rings. The van der Waals surface area contributed by atoms with Crippen molar-refractivity contribution in [2.75, 3.05) is 6.54 Å². The molecule has 1 heterocycles. The lowest BCUT2D eigenvalue weighted by molar-refractivity contribution is -0.156. The molecule has 1 aliphatic carbocycles. The standard InChI is InChI=1S/C15H27NO2/c1-11-8-12(10-15(2,3)9-11)18-14(17)13-6-4-5-7-16-13/h11-13,16H,4-10H2,1-3H3/t11?,12?,13-/m1/s1. The van der Waals surface area contributed by atoms with Crippen molar-refractivity contribution in [3.63, 3.8) is 0 Å². The van der Waals surface area contributed by atoms with Crippen LogP contribution in [0.1, 0.15) is 59.3 Å². The van der Waals surface area contributed by atoms with Crippen molar-refractivity contribution in [2.24, 2.45) is 11.3 Å². The van der Waals surface area contributed by atoms with E-state index in [-0.39, 0.29) is 18.1 Å². The molecule has 18 heavy (non-hydrogen) atoms. The van der Waals surface area contributed by atoms with E-state index in [2.05, 4.69) is 26.1 Å². The van der Waals surface area contributed by atoms with Crippen molar-refractivity contribution >= 4 is 5.97 Å². The number of rotatable bonds is 2. The molecule has 0 radical (unpaired) electrons. The minimum absolute atomic E-state index is 0.0235. The molecule has 2 aliphatic rings. The lowest BCUT2D eigenvalue weighted by atomic mass is 9.71. The molecule has 1 aliphatic heterocycles. The molecule has 1 N–H and O–H groups in total. The summed E-state index contributed by atoms with van der Waals surface area (Å²) in [5, 5.41) is 3.27. The largest absolute Gasteiger partial charge is 0.461 e. The third-order valence-electron chi connectivity index (χ3n) is 4.22. The fraction of sp³-hybridized carbons (Fsp3) is 0.933. The monoisotopic (exact) mass is 253 g/mol. The zero-order valence-corrected chi connectivity index (χ0v) is 12.0. The van der Waals surface area contributed by atoms with E-state index in [1.807, 2.05) is 0 Å². The fourth-order valence-corrected chi connectivity index (χ4v) is 3.65. The zero-order chi connectivity index (χ0) is 13.2. The predicted octanol–water partition coefficient (Wildman–Crippen LogP) is 2.89. The molecular weight excluding hydrogens is 226 g/mol. The number of piperidine rings is 1. The summed E-state index contributed by atoms with van der Waals surface area (Å²) >= 11 is 0. The first-order valence-electron chi connectivity index (χ1n) is 7.40. The SMILES string of the molecule is CC1CC(OC(=O)[C@H]2CCCCN2)CC(C)(C)C1. The highest BCUT2D eigenvalue weighted by Gasteiger charge is 2.35. The summed E-state index contributed by atoms with van der Waals surface area (Å²) in [5.74, 6) is 0.635. The lowest BCUT2D eigenvalue weighted by Crippen LogP contribution is -2.44. The van der Waals surface area contributed by atoms with Gasteiger partial charge < -0.3 is 10.1 Å². The lowest BCUT2D eigenvalue weighted by Gasteiger charge is -2.39. The summed E-state index contributed by atoms with van der Waals surface area (Å²) < 4.78 is 5.74. The second kappa shape index (κ2) is 5.60. The molecule has 0 amide bonds. The third-order valence-corrected chi connectivity index (χ3v) is 4.22. The molecule has 0 aromatic carbocycles. The van der Waals surface area contributed by atoms with Gasteiger partial charge in [0.05, 0.1) is 0 Å². The number of hydrogen-bond donors (Lipinski definition) is 1. The van der Waals surface area contributed by atoms with E-state index in [1.54, 1.807) is 0 Å². The summed E-state index contributed by atoms with van der Waals surface area (Å²) in [7, 11) is 0. The molecule has 0 spiro atoms. The fourth-order valence-electron chi connectivity index (χ4n) is 3.65. The van der Waals surface area contributed by atoms with Gasteiger partial charge in [0.15, 0.2) is 0 Å². The van der Waals surface area contributed by atoms with Gasteiger partial charge in [0.1, 0.15) is 12.1 Å². The number of carbonyl (C=O) groups is 1. The molecule has 2 unspecified atom stereocenters. The van der Waals surface area contributed by atoms with Crippen molar-refractivity contribution in [3.05, 3.63) is 0 Å². The van der Waals surface area contributed by atoms with Crippen molar-refractivity contribution in [1.29, 1.82) is 0 Å². The number of carbonyl (C=O) groups excluding carboxylic acids is 1. The van der Waals surface area contributed by atoms with Crippen LogP contribution in [0.25, 0.3) is 0 Å². The Kier molecular flexibility index (Phi) is 4.31. The van der Waals surface area contributed by atoms with Gasteiger partial charge in [-0.05, 0) is 50.0 Å². The average Bonchev–Trinajstić information content (AvgIpc) is 2.27. The van der Waals surface area contributed by atoms with Crippen LogP contribution >= 0.6 is 0 Å². The van der Waals surface area contributed by atoms with Crippen molar-refractivity contribution in [3.8, 4) is 0 Å². The van der Waals surface area contributed by atoms with Gasteiger partial charge in [-0.15, -0.1) is 0 Å².